The van der Waals surface area contributed by atoms with Gasteiger partial charge in [-0.05, 0) is 57.4 Å². The second-order valence-corrected chi connectivity index (χ2v) is 11.1. The van der Waals surface area contributed by atoms with Crippen LogP contribution in [0.25, 0.3) is 16.8 Å². The van der Waals surface area contributed by atoms with Crippen LogP contribution in [0.1, 0.15) is 85.0 Å². The van der Waals surface area contributed by atoms with Gasteiger partial charge in [0.1, 0.15) is 29.7 Å². The number of amides is 1. The molecule has 208 valence electrons. The van der Waals surface area contributed by atoms with Crippen LogP contribution >= 0.6 is 0 Å². The Balaban J connectivity index is 1.24. The number of carbonyl (C=O) groups excluding carboxylic acids is 1. The Morgan fingerprint density at radius 3 is 2.85 bits per heavy atom. The van der Waals surface area contributed by atoms with Crippen molar-refractivity contribution in [2.24, 2.45) is 0 Å². The average Bonchev–Trinajstić information content (AvgIpc) is 3.32. The van der Waals surface area contributed by atoms with E-state index in [1.54, 1.807) is 6.20 Å². The molecule has 2 aliphatic heterocycles. The first kappa shape index (κ1) is 24.9. The molecule has 0 bridgehead atoms. The van der Waals surface area contributed by atoms with Gasteiger partial charge < -0.3 is 20.1 Å². The van der Waals surface area contributed by atoms with E-state index < -0.39 is 6.10 Å². The van der Waals surface area contributed by atoms with Gasteiger partial charge in [0, 0.05) is 48.4 Å². The smallest absolute Gasteiger partial charge is 0.291 e. The van der Waals surface area contributed by atoms with Gasteiger partial charge in [0.25, 0.3) is 5.91 Å². The maximum Gasteiger partial charge on any atom is 0.291 e. The van der Waals surface area contributed by atoms with Gasteiger partial charge in [0.05, 0.1) is 18.5 Å². The SMILES string of the molecule is CNc1c(C2CC2)c(CCC2CCC(C)N2C(=O)c2ncn[nH]2)nc2c(-c3cnc4c(c3)OCCC4O)cnn12. The molecule has 0 spiro atoms. The molecule has 12 nitrogen and oxygen atoms in total. The molecule has 4 aromatic heterocycles. The summed E-state index contributed by atoms with van der Waals surface area (Å²) >= 11 is 0. The third kappa shape index (κ3) is 4.17. The number of aliphatic hydroxyl groups is 1. The molecule has 1 aliphatic carbocycles. The molecular weight excluding hydrogens is 510 g/mol. The Morgan fingerprint density at radius 1 is 1.20 bits per heavy atom. The molecule has 2 fully saturated rings. The maximum absolute atomic E-state index is 13.2. The summed E-state index contributed by atoms with van der Waals surface area (Å²) in [5.41, 5.74) is 5.29. The van der Waals surface area contributed by atoms with Crippen LogP contribution in [0, 0.1) is 0 Å². The largest absolute Gasteiger partial charge is 0.491 e. The van der Waals surface area contributed by atoms with Gasteiger partial charge in [0.15, 0.2) is 5.65 Å². The number of ether oxygens (including phenoxy) is 1. The number of rotatable bonds is 7. The van der Waals surface area contributed by atoms with Gasteiger partial charge in [-0.2, -0.15) is 14.7 Å². The summed E-state index contributed by atoms with van der Waals surface area (Å²) in [5, 5.41) is 25.0. The van der Waals surface area contributed by atoms with E-state index in [1.165, 1.54) is 11.9 Å². The number of pyridine rings is 1. The number of nitrogens with one attached hydrogen (secondary N) is 2. The molecule has 40 heavy (non-hydrogen) atoms. The summed E-state index contributed by atoms with van der Waals surface area (Å²) in [7, 11) is 1.93. The van der Waals surface area contributed by atoms with Crippen LogP contribution in [0.4, 0.5) is 5.82 Å². The Bertz CT molecular complexity index is 1560. The number of fused-ring (bicyclic) bond motifs is 2. The fourth-order valence-corrected chi connectivity index (χ4v) is 6.33. The van der Waals surface area contributed by atoms with Gasteiger partial charge in [-0.15, -0.1) is 0 Å². The molecule has 4 aromatic rings. The molecule has 6 heterocycles. The second-order valence-electron chi connectivity index (χ2n) is 11.1. The van der Waals surface area contributed by atoms with Gasteiger partial charge in [-0.3, -0.25) is 14.9 Å². The van der Waals surface area contributed by atoms with Crippen molar-refractivity contribution in [2.75, 3.05) is 19.0 Å². The molecule has 7 rings (SSSR count). The minimum absolute atomic E-state index is 0.0976. The minimum atomic E-state index is -0.614. The van der Waals surface area contributed by atoms with E-state index in [1.807, 2.05) is 28.7 Å². The standard InChI is InChI=1S/C28H33N9O3/c1-15-3-6-18(36(15)28(39)25-31-14-32-35-25)7-8-20-23(16-4-5-16)27(29-2)37-26(34-20)19(13-33-37)17-11-22-24(30-12-17)21(38)9-10-40-22/h11-16,18,21,29,38H,3-10H2,1-2H3,(H,31,32,35). The maximum atomic E-state index is 13.2. The van der Waals surface area contributed by atoms with Crippen LogP contribution in [0.5, 0.6) is 5.75 Å². The van der Waals surface area contributed by atoms with Crippen LogP contribution < -0.4 is 10.1 Å². The fraction of sp³-hybridized carbons (Fsp3) is 0.500. The zero-order valence-electron chi connectivity index (χ0n) is 22.7. The summed E-state index contributed by atoms with van der Waals surface area (Å²) < 4.78 is 7.70. The molecule has 1 saturated heterocycles. The predicted molar refractivity (Wildman–Crippen MR) is 146 cm³/mol. The topological polar surface area (TPSA) is 146 Å². The first-order valence-electron chi connectivity index (χ1n) is 14.1. The van der Waals surface area contributed by atoms with Crippen LogP contribution in [0.2, 0.25) is 0 Å². The number of aryl methyl sites for hydroxylation is 1. The fourth-order valence-electron chi connectivity index (χ4n) is 6.33. The monoisotopic (exact) mass is 543 g/mol. The molecule has 1 amide bonds. The van der Waals surface area contributed by atoms with E-state index in [9.17, 15) is 9.90 Å². The van der Waals surface area contributed by atoms with Crippen molar-refractivity contribution in [1.29, 1.82) is 0 Å². The molecule has 3 atom stereocenters. The normalized spacial score (nSPS) is 22.4. The van der Waals surface area contributed by atoms with Crippen molar-refractivity contribution in [2.45, 2.75) is 76.0 Å². The molecule has 0 aromatic carbocycles. The third-order valence-corrected chi connectivity index (χ3v) is 8.49. The van der Waals surface area contributed by atoms with Crippen LogP contribution in [-0.4, -0.2) is 76.4 Å². The third-order valence-electron chi connectivity index (χ3n) is 8.49. The van der Waals surface area contributed by atoms with Crippen molar-refractivity contribution in [3.05, 3.63) is 47.6 Å². The highest BCUT2D eigenvalue weighted by atomic mass is 16.5. The summed E-state index contributed by atoms with van der Waals surface area (Å²) in [6.07, 6.45) is 10.6. The molecule has 3 unspecified atom stereocenters. The second kappa shape index (κ2) is 9.84. The molecule has 3 N–H and O–H groups in total. The van der Waals surface area contributed by atoms with E-state index >= 15 is 0 Å². The van der Waals surface area contributed by atoms with Crippen molar-refractivity contribution < 1.29 is 14.6 Å². The number of aliphatic hydroxyl groups excluding tert-OH is 1. The number of aromatic amines is 1. The quantitative estimate of drug-likeness (QED) is 0.320. The lowest BCUT2D eigenvalue weighted by atomic mass is 10.0. The number of hydrogen-bond acceptors (Lipinski definition) is 9. The number of hydrogen-bond donors (Lipinski definition) is 3. The van der Waals surface area contributed by atoms with Gasteiger partial charge in [-0.1, -0.05) is 0 Å². The molecule has 12 heteroatoms. The summed E-state index contributed by atoms with van der Waals surface area (Å²) in [6.45, 7) is 2.56. The molecule has 0 radical (unpaired) electrons. The van der Waals surface area contributed by atoms with E-state index in [2.05, 4.69) is 32.4 Å². The number of likely N-dealkylation sites (tertiary alicyclic amines) is 1. The van der Waals surface area contributed by atoms with Gasteiger partial charge in [0.2, 0.25) is 5.82 Å². The van der Waals surface area contributed by atoms with Crippen molar-refractivity contribution >= 4 is 17.4 Å². The Morgan fingerprint density at radius 2 is 2.08 bits per heavy atom. The predicted octanol–water partition coefficient (Wildman–Crippen LogP) is 3.27. The summed E-state index contributed by atoms with van der Waals surface area (Å²) in [4.78, 5) is 29.0. The van der Waals surface area contributed by atoms with Crippen LogP contribution in [-0.2, 0) is 6.42 Å². The molecule has 3 aliphatic rings. The number of nitrogens with zero attached hydrogens (tertiary/aromatic N) is 7. The van der Waals surface area contributed by atoms with E-state index in [0.29, 0.717) is 30.4 Å². The number of carbonyl (C=O) groups is 1. The van der Waals surface area contributed by atoms with E-state index in [0.717, 1.165) is 66.8 Å². The molecule has 1 saturated carbocycles. The van der Waals surface area contributed by atoms with Crippen molar-refractivity contribution in [3.8, 4) is 16.9 Å². The highest BCUT2D eigenvalue weighted by Gasteiger charge is 2.37. The average molecular weight is 544 g/mol. The van der Waals surface area contributed by atoms with E-state index in [-0.39, 0.29) is 23.8 Å². The lowest BCUT2D eigenvalue weighted by Gasteiger charge is -2.28. The zero-order valence-corrected chi connectivity index (χ0v) is 22.7. The minimum Gasteiger partial charge on any atom is -0.491 e. The highest BCUT2D eigenvalue weighted by molar-refractivity contribution is 5.91. The first-order chi connectivity index (χ1) is 19.5. The van der Waals surface area contributed by atoms with Gasteiger partial charge in [-0.25, -0.2) is 9.97 Å². The number of anilines is 1. The number of H-pyrrole nitrogens is 1. The molecular formula is C28H33N9O3. The van der Waals surface area contributed by atoms with Crippen molar-refractivity contribution in [1.82, 2.24) is 39.7 Å². The Hall–Kier alpha value is -4.06. The highest BCUT2D eigenvalue weighted by Crippen LogP contribution is 2.46. The van der Waals surface area contributed by atoms with Crippen LogP contribution in [0.15, 0.2) is 24.8 Å². The van der Waals surface area contributed by atoms with Gasteiger partial charge >= 0.3 is 0 Å². The first-order valence-corrected chi connectivity index (χ1v) is 14.1. The zero-order chi connectivity index (χ0) is 27.4. The van der Waals surface area contributed by atoms with Crippen LogP contribution in [0.3, 0.4) is 0 Å². The lowest BCUT2D eigenvalue weighted by molar-refractivity contribution is 0.0660. The Kier molecular flexibility index (Phi) is 6.14. The Labute approximate surface area is 231 Å². The van der Waals surface area contributed by atoms with Crippen molar-refractivity contribution in [3.63, 3.8) is 0 Å². The summed E-state index contributed by atoms with van der Waals surface area (Å²) in [5.74, 6) is 2.21. The lowest BCUT2D eigenvalue weighted by Crippen LogP contribution is -2.40. The number of aromatic nitrogens is 7. The van der Waals surface area contributed by atoms with E-state index in [4.69, 9.17) is 14.8 Å². The summed E-state index contributed by atoms with van der Waals surface area (Å²) in [6, 6.07) is 2.17.